The maximum Gasteiger partial charge on any atom is 0.397 e. The van der Waals surface area contributed by atoms with Crippen LogP contribution in [0.5, 0.6) is 0 Å². The highest BCUT2D eigenvalue weighted by Gasteiger charge is 2.43. The van der Waals surface area contributed by atoms with E-state index >= 15 is 0 Å². The summed E-state index contributed by atoms with van der Waals surface area (Å²) in [6.07, 6.45) is -5.55. The van der Waals surface area contributed by atoms with Gasteiger partial charge in [0.1, 0.15) is 5.92 Å². The zero-order chi connectivity index (χ0) is 14.2. The van der Waals surface area contributed by atoms with E-state index in [-0.39, 0.29) is 5.69 Å². The number of carboxylic acids is 1. The molecule has 1 atom stereocenters. The van der Waals surface area contributed by atoms with E-state index in [9.17, 15) is 18.0 Å². The minimum Gasteiger partial charge on any atom is -0.481 e. The van der Waals surface area contributed by atoms with E-state index in [1.165, 1.54) is 17.7 Å². The number of benzene rings is 1. The van der Waals surface area contributed by atoms with Gasteiger partial charge in [-0.05, 0) is 17.5 Å². The van der Waals surface area contributed by atoms with Gasteiger partial charge in [-0.15, -0.1) is 0 Å². The fourth-order valence-electron chi connectivity index (χ4n) is 2.21. The first-order valence-corrected chi connectivity index (χ1v) is 5.63. The van der Waals surface area contributed by atoms with Crippen molar-refractivity contribution in [3.05, 3.63) is 36.0 Å². The molecule has 2 rings (SSSR count). The van der Waals surface area contributed by atoms with Gasteiger partial charge in [0.25, 0.3) is 0 Å². The van der Waals surface area contributed by atoms with Crippen LogP contribution in [0.2, 0.25) is 0 Å². The van der Waals surface area contributed by atoms with Crippen molar-refractivity contribution in [2.45, 2.75) is 18.5 Å². The molecule has 0 amide bonds. The number of halogens is 3. The highest BCUT2D eigenvalue weighted by molar-refractivity contribution is 5.81. The Morgan fingerprint density at radius 1 is 1.37 bits per heavy atom. The summed E-state index contributed by atoms with van der Waals surface area (Å²) in [7, 11) is 1.51. The predicted molar refractivity (Wildman–Crippen MR) is 64.0 cm³/mol. The number of hydrogen-bond acceptors (Lipinski definition) is 1. The zero-order valence-corrected chi connectivity index (χ0v) is 10.1. The molecule has 102 valence electrons. The molecule has 0 radical (unpaired) electrons. The van der Waals surface area contributed by atoms with Gasteiger partial charge in [0, 0.05) is 18.3 Å². The van der Waals surface area contributed by atoms with Gasteiger partial charge >= 0.3 is 12.1 Å². The van der Waals surface area contributed by atoms with Crippen molar-refractivity contribution in [2.24, 2.45) is 7.05 Å². The first-order valence-electron chi connectivity index (χ1n) is 5.63. The van der Waals surface area contributed by atoms with Crippen molar-refractivity contribution in [2.75, 3.05) is 0 Å². The van der Waals surface area contributed by atoms with Gasteiger partial charge < -0.3 is 9.67 Å². The highest BCUT2D eigenvalue weighted by atomic mass is 19.4. The average molecular weight is 271 g/mol. The normalized spacial score (nSPS) is 13.7. The molecule has 1 N–H and O–H groups in total. The standard InChI is InChI=1S/C13H12F3NO2/c1-17-10-5-3-2-4-8(10)6-11(17)9(7-12(18)19)13(14,15)16/h2-6,9H,7H2,1H3,(H,18,19). The third kappa shape index (κ3) is 2.57. The Balaban J connectivity index is 2.56. The molecule has 1 aromatic carbocycles. The quantitative estimate of drug-likeness (QED) is 0.930. The Labute approximate surface area is 107 Å². The topological polar surface area (TPSA) is 42.2 Å². The lowest BCUT2D eigenvalue weighted by molar-refractivity contribution is -0.164. The molecule has 6 heteroatoms. The lowest BCUT2D eigenvalue weighted by Gasteiger charge is -2.19. The lowest BCUT2D eigenvalue weighted by Crippen LogP contribution is -2.25. The molecule has 2 aromatic rings. The number of nitrogens with zero attached hydrogens (tertiary/aromatic N) is 1. The van der Waals surface area contributed by atoms with Gasteiger partial charge in [-0.1, -0.05) is 18.2 Å². The summed E-state index contributed by atoms with van der Waals surface area (Å²) in [6.45, 7) is 0. The molecule has 1 heterocycles. The number of rotatable bonds is 3. The summed E-state index contributed by atoms with van der Waals surface area (Å²) in [5.74, 6) is -3.46. The Morgan fingerprint density at radius 2 is 2.00 bits per heavy atom. The van der Waals surface area contributed by atoms with Gasteiger partial charge in [0.15, 0.2) is 0 Å². The highest BCUT2D eigenvalue weighted by Crippen LogP contribution is 2.39. The molecule has 3 nitrogen and oxygen atoms in total. The average Bonchev–Trinajstić information content (AvgIpc) is 2.63. The fourth-order valence-corrected chi connectivity index (χ4v) is 2.21. The summed E-state index contributed by atoms with van der Waals surface area (Å²) in [4.78, 5) is 10.6. The SMILES string of the molecule is Cn1c(C(CC(=O)O)C(F)(F)F)cc2ccccc21. The molecule has 0 saturated heterocycles. The molecule has 0 saturated carbocycles. The second kappa shape index (κ2) is 4.60. The number of aryl methyl sites for hydroxylation is 1. The second-order valence-electron chi connectivity index (χ2n) is 4.38. The van der Waals surface area contributed by atoms with Crippen molar-refractivity contribution < 1.29 is 23.1 Å². The van der Waals surface area contributed by atoms with Crippen LogP contribution >= 0.6 is 0 Å². The number of para-hydroxylation sites is 1. The van der Waals surface area contributed by atoms with Gasteiger partial charge in [-0.25, -0.2) is 0 Å². The molecule has 1 unspecified atom stereocenters. The van der Waals surface area contributed by atoms with Crippen molar-refractivity contribution in [3.63, 3.8) is 0 Å². The van der Waals surface area contributed by atoms with E-state index in [0.717, 1.165) is 0 Å². The van der Waals surface area contributed by atoms with Crippen LogP contribution in [-0.4, -0.2) is 21.8 Å². The molecule has 0 aliphatic heterocycles. The molecule has 0 fully saturated rings. The van der Waals surface area contributed by atoms with Crippen LogP contribution < -0.4 is 0 Å². The van der Waals surface area contributed by atoms with E-state index < -0.39 is 24.5 Å². The summed E-state index contributed by atoms with van der Waals surface area (Å²) in [5.41, 5.74) is 0.619. The number of carboxylic acid groups (broad SMARTS) is 1. The summed E-state index contributed by atoms with van der Waals surface area (Å²) in [5, 5.41) is 9.33. The van der Waals surface area contributed by atoms with Crippen LogP contribution in [0.25, 0.3) is 10.9 Å². The largest absolute Gasteiger partial charge is 0.481 e. The Bertz CT molecular complexity index is 616. The van der Waals surface area contributed by atoms with E-state index in [2.05, 4.69) is 0 Å². The van der Waals surface area contributed by atoms with Gasteiger partial charge in [-0.2, -0.15) is 13.2 Å². The van der Waals surface area contributed by atoms with Crippen LogP contribution in [0.4, 0.5) is 13.2 Å². The number of hydrogen-bond donors (Lipinski definition) is 1. The van der Waals surface area contributed by atoms with Crippen molar-refractivity contribution in [3.8, 4) is 0 Å². The van der Waals surface area contributed by atoms with Crippen molar-refractivity contribution in [1.29, 1.82) is 0 Å². The molecule has 0 aliphatic carbocycles. The molecule has 1 aromatic heterocycles. The van der Waals surface area contributed by atoms with Crippen LogP contribution in [0.15, 0.2) is 30.3 Å². The minimum absolute atomic E-state index is 0.0314. The first kappa shape index (κ1) is 13.5. The summed E-state index contributed by atoms with van der Waals surface area (Å²) in [6, 6.07) is 8.26. The van der Waals surface area contributed by atoms with Gasteiger partial charge in [0.05, 0.1) is 6.42 Å². The Kier molecular flexibility index (Phi) is 3.26. The molecular formula is C13H12F3NO2. The van der Waals surface area contributed by atoms with Crippen molar-refractivity contribution in [1.82, 2.24) is 4.57 Å². The van der Waals surface area contributed by atoms with E-state index in [0.29, 0.717) is 10.9 Å². The van der Waals surface area contributed by atoms with Crippen LogP contribution in [0, 0.1) is 0 Å². The maximum atomic E-state index is 13.0. The fraction of sp³-hybridized carbons (Fsp3) is 0.308. The van der Waals surface area contributed by atoms with Crippen LogP contribution in [0.3, 0.4) is 0 Å². The third-order valence-electron chi connectivity index (χ3n) is 3.12. The monoisotopic (exact) mass is 271 g/mol. The summed E-state index contributed by atoms with van der Waals surface area (Å²) >= 11 is 0. The Morgan fingerprint density at radius 3 is 2.53 bits per heavy atom. The number of fused-ring (bicyclic) bond motifs is 1. The number of carbonyl (C=O) groups is 1. The third-order valence-corrected chi connectivity index (χ3v) is 3.12. The first-order chi connectivity index (χ1) is 8.80. The van der Waals surface area contributed by atoms with Gasteiger partial charge in [-0.3, -0.25) is 4.79 Å². The molecule has 0 spiro atoms. The number of alkyl halides is 3. The smallest absolute Gasteiger partial charge is 0.397 e. The lowest BCUT2D eigenvalue weighted by atomic mass is 10.0. The van der Waals surface area contributed by atoms with E-state index in [1.807, 2.05) is 0 Å². The molecular weight excluding hydrogens is 259 g/mol. The number of aliphatic carboxylic acids is 1. The molecule has 0 aliphatic rings. The second-order valence-corrected chi connectivity index (χ2v) is 4.38. The predicted octanol–water partition coefficient (Wildman–Crippen LogP) is 3.30. The van der Waals surface area contributed by atoms with E-state index in [1.54, 1.807) is 24.3 Å². The van der Waals surface area contributed by atoms with Crippen LogP contribution in [-0.2, 0) is 11.8 Å². The Hall–Kier alpha value is -1.98. The zero-order valence-electron chi connectivity index (χ0n) is 10.1. The van der Waals surface area contributed by atoms with Crippen molar-refractivity contribution >= 4 is 16.9 Å². The number of aromatic nitrogens is 1. The molecule has 19 heavy (non-hydrogen) atoms. The maximum absolute atomic E-state index is 13.0. The summed E-state index contributed by atoms with van der Waals surface area (Å²) < 4.78 is 40.4. The molecule has 0 bridgehead atoms. The van der Waals surface area contributed by atoms with E-state index in [4.69, 9.17) is 5.11 Å². The van der Waals surface area contributed by atoms with Gasteiger partial charge in [0.2, 0.25) is 0 Å². The van der Waals surface area contributed by atoms with Crippen LogP contribution in [0.1, 0.15) is 18.0 Å². The minimum atomic E-state index is -4.58.